The van der Waals surface area contributed by atoms with Crippen molar-refractivity contribution in [1.82, 2.24) is 0 Å². The van der Waals surface area contributed by atoms with E-state index in [2.05, 4.69) is 6.92 Å². The lowest BCUT2D eigenvalue weighted by Crippen LogP contribution is -2.45. The van der Waals surface area contributed by atoms with Gasteiger partial charge in [-0.15, -0.1) is 0 Å². The molecule has 2 rings (SSSR count). The van der Waals surface area contributed by atoms with Gasteiger partial charge < -0.3 is 0 Å². The summed E-state index contributed by atoms with van der Waals surface area (Å²) in [5, 5.41) is -0.443. The van der Waals surface area contributed by atoms with Gasteiger partial charge in [0.1, 0.15) is 5.78 Å². The minimum Gasteiger partial charge on any atom is -0.299 e. The molecule has 0 N–H and O–H groups in total. The largest absolute Gasteiger partial charge is 0.299 e. The number of rotatable bonds is 15. The summed E-state index contributed by atoms with van der Waals surface area (Å²) in [6, 6.07) is 0. The number of Topliss-reactive ketones (excluding diaryl/α,β-unsaturated/α-hetero) is 1. The molecule has 0 aromatic carbocycles. The Labute approximate surface area is 174 Å². The molecule has 164 valence electrons. The van der Waals surface area contributed by atoms with Gasteiger partial charge in [0.25, 0.3) is 0 Å². The van der Waals surface area contributed by atoms with Crippen LogP contribution in [0.4, 0.5) is 0 Å². The Balaban J connectivity index is 1.44. The Morgan fingerprint density at radius 1 is 0.714 bits per heavy atom. The normalized spacial score (nSPS) is 26.2. The quantitative estimate of drug-likeness (QED) is 0.278. The monoisotopic (exact) mass is 412 g/mol. The van der Waals surface area contributed by atoms with Gasteiger partial charge in [-0.2, -0.15) is 0 Å². The van der Waals surface area contributed by atoms with Gasteiger partial charge in [0.2, 0.25) is 0 Å². The van der Waals surface area contributed by atoms with Gasteiger partial charge >= 0.3 is 0 Å². The van der Waals surface area contributed by atoms with Crippen LogP contribution in [-0.2, 0) is 14.6 Å². The molecule has 0 amide bonds. The summed E-state index contributed by atoms with van der Waals surface area (Å²) >= 11 is 0. The van der Waals surface area contributed by atoms with Crippen molar-refractivity contribution in [1.29, 1.82) is 0 Å². The SMILES string of the molecule is CCCCCCCCCCCCCCCC(=O)C1CC2CCCC(C1)S2(=O)=O. The molecule has 0 aliphatic carbocycles. The summed E-state index contributed by atoms with van der Waals surface area (Å²) in [5.41, 5.74) is 0. The number of carbonyl (C=O) groups is 1. The minimum absolute atomic E-state index is 0.0242. The van der Waals surface area contributed by atoms with Crippen molar-refractivity contribution >= 4 is 15.6 Å². The smallest absolute Gasteiger partial charge is 0.156 e. The fourth-order valence-electron chi connectivity index (χ4n) is 5.19. The zero-order valence-electron chi connectivity index (χ0n) is 18.3. The lowest BCUT2D eigenvalue weighted by Gasteiger charge is -2.38. The molecule has 2 saturated heterocycles. The van der Waals surface area contributed by atoms with Crippen molar-refractivity contribution in [3.8, 4) is 0 Å². The molecule has 0 saturated carbocycles. The van der Waals surface area contributed by atoms with Gasteiger partial charge in [-0.25, -0.2) is 8.42 Å². The highest BCUT2D eigenvalue weighted by Gasteiger charge is 2.45. The van der Waals surface area contributed by atoms with E-state index in [1.807, 2.05) is 0 Å². The Morgan fingerprint density at radius 3 is 1.61 bits per heavy atom. The molecule has 0 aromatic heterocycles. The molecule has 0 spiro atoms. The number of fused-ring (bicyclic) bond motifs is 2. The number of ketones is 1. The molecule has 4 heteroatoms. The first-order valence-corrected chi connectivity index (χ1v) is 13.9. The number of sulfone groups is 1. The number of carbonyl (C=O) groups excluding carboxylic acids is 1. The van der Waals surface area contributed by atoms with E-state index in [9.17, 15) is 13.2 Å². The first kappa shape index (κ1) is 23.9. The lowest BCUT2D eigenvalue weighted by molar-refractivity contribution is -0.123. The molecule has 2 bridgehead atoms. The number of hydrogen-bond donors (Lipinski definition) is 0. The van der Waals surface area contributed by atoms with Crippen LogP contribution in [0.1, 0.15) is 129 Å². The van der Waals surface area contributed by atoms with Crippen LogP contribution < -0.4 is 0 Å². The Hall–Kier alpha value is -0.380. The third kappa shape index (κ3) is 7.80. The van der Waals surface area contributed by atoms with Gasteiger partial charge in [0, 0.05) is 12.3 Å². The predicted molar refractivity (Wildman–Crippen MR) is 118 cm³/mol. The third-order valence-corrected chi connectivity index (χ3v) is 9.77. The van der Waals surface area contributed by atoms with Crippen LogP contribution in [-0.4, -0.2) is 24.7 Å². The fraction of sp³-hybridized carbons (Fsp3) is 0.958. The Morgan fingerprint density at radius 2 is 1.14 bits per heavy atom. The van der Waals surface area contributed by atoms with Gasteiger partial charge in [-0.05, 0) is 32.1 Å². The molecule has 2 fully saturated rings. The topological polar surface area (TPSA) is 51.2 Å². The molecule has 0 aromatic rings. The molecule has 3 nitrogen and oxygen atoms in total. The summed E-state index contributed by atoms with van der Waals surface area (Å²) in [5.74, 6) is 0.367. The van der Waals surface area contributed by atoms with Crippen molar-refractivity contribution in [2.45, 2.75) is 139 Å². The maximum absolute atomic E-state index is 12.5. The van der Waals surface area contributed by atoms with E-state index in [0.717, 1.165) is 32.1 Å². The minimum atomic E-state index is -2.93. The summed E-state index contributed by atoms with van der Waals surface area (Å²) in [4.78, 5) is 12.5. The molecule has 28 heavy (non-hydrogen) atoms. The third-order valence-electron chi connectivity index (χ3n) is 7.06. The number of unbranched alkanes of at least 4 members (excludes halogenated alkanes) is 12. The van der Waals surface area contributed by atoms with Crippen molar-refractivity contribution in [2.24, 2.45) is 5.92 Å². The molecule has 2 aliphatic rings. The maximum Gasteiger partial charge on any atom is 0.156 e. The average Bonchev–Trinajstić information content (AvgIpc) is 2.64. The standard InChI is InChI=1S/C24H44O3S/c1-2-3-4-5-6-7-8-9-10-11-12-13-14-18-24(25)21-19-22-16-15-17-23(20-21)28(22,26)27/h21-23H,2-20H2,1H3. The van der Waals surface area contributed by atoms with Gasteiger partial charge in [0.15, 0.2) is 9.84 Å². The van der Waals surface area contributed by atoms with Crippen LogP contribution >= 0.6 is 0 Å². The molecule has 2 aliphatic heterocycles. The fourth-order valence-corrected chi connectivity index (χ4v) is 7.73. The van der Waals surface area contributed by atoms with Crippen molar-refractivity contribution in [3.05, 3.63) is 0 Å². The Kier molecular flexibility index (Phi) is 11.1. The Bertz CT molecular complexity index is 520. The second-order valence-electron chi connectivity index (χ2n) is 9.39. The van der Waals surface area contributed by atoms with Crippen LogP contribution in [0, 0.1) is 5.92 Å². The first-order chi connectivity index (χ1) is 13.6. The van der Waals surface area contributed by atoms with Crippen molar-refractivity contribution < 1.29 is 13.2 Å². The summed E-state index contributed by atoms with van der Waals surface area (Å²) in [6.45, 7) is 2.27. The molecular weight excluding hydrogens is 368 g/mol. The van der Waals surface area contributed by atoms with E-state index >= 15 is 0 Å². The van der Waals surface area contributed by atoms with Crippen LogP contribution in [0.25, 0.3) is 0 Å². The van der Waals surface area contributed by atoms with E-state index in [0.29, 0.717) is 25.0 Å². The van der Waals surface area contributed by atoms with Crippen LogP contribution in [0.15, 0.2) is 0 Å². The summed E-state index contributed by atoms with van der Waals surface area (Å²) in [7, 11) is -2.93. The first-order valence-electron chi connectivity index (χ1n) is 12.3. The lowest BCUT2D eigenvalue weighted by atomic mass is 9.85. The predicted octanol–water partition coefficient (Wildman–Crippen LogP) is 6.78. The maximum atomic E-state index is 12.5. The summed E-state index contributed by atoms with van der Waals surface area (Å²) < 4.78 is 24.7. The highest BCUT2D eigenvalue weighted by Crippen LogP contribution is 2.40. The van der Waals surface area contributed by atoms with Crippen molar-refractivity contribution in [3.63, 3.8) is 0 Å². The van der Waals surface area contributed by atoms with E-state index in [4.69, 9.17) is 0 Å². The van der Waals surface area contributed by atoms with E-state index < -0.39 is 9.84 Å². The van der Waals surface area contributed by atoms with E-state index in [1.165, 1.54) is 70.6 Å². The molecule has 2 atom stereocenters. The van der Waals surface area contributed by atoms with Gasteiger partial charge in [-0.3, -0.25) is 4.79 Å². The van der Waals surface area contributed by atoms with Crippen LogP contribution in [0.3, 0.4) is 0 Å². The summed E-state index contributed by atoms with van der Waals surface area (Å²) in [6.07, 6.45) is 21.6. The van der Waals surface area contributed by atoms with Crippen molar-refractivity contribution in [2.75, 3.05) is 0 Å². The van der Waals surface area contributed by atoms with E-state index in [1.54, 1.807) is 0 Å². The number of hydrogen-bond acceptors (Lipinski definition) is 3. The highest BCUT2D eigenvalue weighted by atomic mass is 32.2. The highest BCUT2D eigenvalue weighted by molar-refractivity contribution is 7.92. The molecule has 2 unspecified atom stereocenters. The van der Waals surface area contributed by atoms with Crippen LogP contribution in [0.5, 0.6) is 0 Å². The second kappa shape index (κ2) is 13.0. The molecule has 2 heterocycles. The average molecular weight is 413 g/mol. The second-order valence-corrected chi connectivity index (χ2v) is 11.9. The zero-order chi connectivity index (χ0) is 20.2. The van der Waals surface area contributed by atoms with Gasteiger partial charge in [0.05, 0.1) is 10.5 Å². The molecular formula is C24H44O3S. The van der Waals surface area contributed by atoms with E-state index in [-0.39, 0.29) is 16.4 Å². The van der Waals surface area contributed by atoms with Gasteiger partial charge in [-0.1, -0.05) is 90.4 Å². The zero-order valence-corrected chi connectivity index (χ0v) is 19.1. The van der Waals surface area contributed by atoms with Crippen LogP contribution in [0.2, 0.25) is 0 Å². The molecule has 0 radical (unpaired) electrons.